The Hall–Kier alpha value is -1.72. The smallest absolute Gasteiger partial charge is 0.168 e. The molecule has 140 valence electrons. The summed E-state index contributed by atoms with van der Waals surface area (Å²) in [6.07, 6.45) is 1.55. The van der Waals surface area contributed by atoms with Crippen molar-refractivity contribution in [1.82, 2.24) is 0 Å². The number of hydrogen-bond donors (Lipinski definition) is 0. The zero-order valence-corrected chi connectivity index (χ0v) is 15.6. The van der Waals surface area contributed by atoms with Crippen molar-refractivity contribution in [1.29, 1.82) is 0 Å². The molecule has 1 aliphatic carbocycles. The Kier molecular flexibility index (Phi) is 6.43. The van der Waals surface area contributed by atoms with Crippen LogP contribution in [0.4, 0.5) is 0 Å². The lowest BCUT2D eigenvalue weighted by molar-refractivity contribution is -0.313. The molecule has 2 aromatic rings. The molecule has 0 aliphatic heterocycles. The molecule has 0 atom stereocenters. The van der Waals surface area contributed by atoms with E-state index in [0.29, 0.717) is 26.4 Å². The fraction of sp³-hybridized carbons (Fsp3) is 0.455. The maximum absolute atomic E-state index is 6.02. The molecule has 3 rings (SSSR count). The predicted octanol–water partition coefficient (Wildman–Crippen LogP) is 4.19. The second kappa shape index (κ2) is 8.78. The standard InChI is InChI=1S/C22H28O4/c1-23-22(24-2)15-21(16-22,17-25-13-19-9-5-3-6-10-19)18-26-14-20-11-7-4-8-12-20/h3-12H,13-18H2,1-2H3. The van der Waals surface area contributed by atoms with Crippen molar-refractivity contribution in [3.8, 4) is 0 Å². The molecule has 0 radical (unpaired) electrons. The first-order valence-corrected chi connectivity index (χ1v) is 9.03. The van der Waals surface area contributed by atoms with E-state index in [1.807, 2.05) is 36.4 Å². The minimum absolute atomic E-state index is 0.0738. The van der Waals surface area contributed by atoms with E-state index in [9.17, 15) is 0 Å². The second-order valence-corrected chi connectivity index (χ2v) is 7.13. The molecule has 0 aromatic heterocycles. The van der Waals surface area contributed by atoms with E-state index in [2.05, 4.69) is 24.3 Å². The summed E-state index contributed by atoms with van der Waals surface area (Å²) < 4.78 is 23.2. The Morgan fingerprint density at radius 3 is 1.50 bits per heavy atom. The van der Waals surface area contributed by atoms with Gasteiger partial charge in [0.05, 0.1) is 26.4 Å². The molecule has 1 saturated carbocycles. The summed E-state index contributed by atoms with van der Waals surface area (Å²) in [5.41, 5.74) is 2.28. The quantitative estimate of drug-likeness (QED) is 0.598. The Morgan fingerprint density at radius 2 is 1.12 bits per heavy atom. The molecular formula is C22H28O4. The van der Waals surface area contributed by atoms with Crippen LogP contribution in [0.2, 0.25) is 0 Å². The highest BCUT2D eigenvalue weighted by Crippen LogP contribution is 2.51. The van der Waals surface area contributed by atoms with E-state index in [1.54, 1.807) is 14.2 Å². The summed E-state index contributed by atoms with van der Waals surface area (Å²) >= 11 is 0. The van der Waals surface area contributed by atoms with E-state index in [1.165, 1.54) is 11.1 Å². The summed E-state index contributed by atoms with van der Waals surface area (Å²) in [7, 11) is 3.39. The molecule has 0 amide bonds. The molecule has 26 heavy (non-hydrogen) atoms. The monoisotopic (exact) mass is 356 g/mol. The first kappa shape index (κ1) is 19.1. The van der Waals surface area contributed by atoms with Crippen molar-refractivity contribution >= 4 is 0 Å². The van der Waals surface area contributed by atoms with Crippen LogP contribution in [0.1, 0.15) is 24.0 Å². The lowest BCUT2D eigenvalue weighted by atomic mass is 9.65. The van der Waals surface area contributed by atoms with Crippen molar-refractivity contribution in [2.75, 3.05) is 27.4 Å². The number of hydrogen-bond acceptors (Lipinski definition) is 4. The Bertz CT molecular complexity index is 597. The largest absolute Gasteiger partial charge is 0.376 e. The van der Waals surface area contributed by atoms with Gasteiger partial charge in [0, 0.05) is 32.5 Å². The highest BCUT2D eigenvalue weighted by Gasteiger charge is 2.56. The van der Waals surface area contributed by atoms with Gasteiger partial charge >= 0.3 is 0 Å². The number of ether oxygens (including phenoxy) is 4. The van der Waals surface area contributed by atoms with Gasteiger partial charge in [-0.3, -0.25) is 0 Å². The third-order valence-electron chi connectivity index (χ3n) is 5.07. The normalized spacial score (nSPS) is 17.6. The first-order chi connectivity index (χ1) is 12.7. The summed E-state index contributed by atoms with van der Waals surface area (Å²) in [6, 6.07) is 20.5. The summed E-state index contributed by atoms with van der Waals surface area (Å²) in [5, 5.41) is 0. The molecule has 0 spiro atoms. The Labute approximate surface area is 156 Å². The van der Waals surface area contributed by atoms with Crippen molar-refractivity contribution in [2.45, 2.75) is 31.8 Å². The van der Waals surface area contributed by atoms with Crippen LogP contribution in [0.25, 0.3) is 0 Å². The fourth-order valence-corrected chi connectivity index (χ4v) is 3.63. The van der Waals surface area contributed by atoms with Crippen molar-refractivity contribution in [3.63, 3.8) is 0 Å². The first-order valence-electron chi connectivity index (χ1n) is 9.03. The van der Waals surface area contributed by atoms with Crippen LogP contribution in [0.5, 0.6) is 0 Å². The SMILES string of the molecule is COC1(OC)CC(COCc2ccccc2)(COCc2ccccc2)C1. The highest BCUT2D eigenvalue weighted by molar-refractivity contribution is 5.14. The number of methoxy groups -OCH3 is 2. The molecular weight excluding hydrogens is 328 g/mol. The molecule has 0 unspecified atom stereocenters. The lowest BCUT2D eigenvalue weighted by Crippen LogP contribution is -2.58. The molecule has 0 N–H and O–H groups in total. The third-order valence-corrected chi connectivity index (χ3v) is 5.07. The molecule has 4 nitrogen and oxygen atoms in total. The number of rotatable bonds is 10. The van der Waals surface area contributed by atoms with Gasteiger partial charge < -0.3 is 18.9 Å². The van der Waals surface area contributed by atoms with Gasteiger partial charge in [0.2, 0.25) is 0 Å². The lowest BCUT2D eigenvalue weighted by Gasteiger charge is -2.53. The average Bonchev–Trinajstić information content (AvgIpc) is 2.67. The van der Waals surface area contributed by atoms with E-state index in [0.717, 1.165) is 12.8 Å². The van der Waals surface area contributed by atoms with Crippen molar-refractivity contribution in [3.05, 3.63) is 71.8 Å². The van der Waals surface area contributed by atoms with Crippen molar-refractivity contribution < 1.29 is 18.9 Å². The molecule has 0 heterocycles. The predicted molar refractivity (Wildman–Crippen MR) is 101 cm³/mol. The van der Waals surface area contributed by atoms with Crippen LogP contribution in [0, 0.1) is 5.41 Å². The molecule has 1 fully saturated rings. The van der Waals surface area contributed by atoms with E-state index in [4.69, 9.17) is 18.9 Å². The van der Waals surface area contributed by atoms with Crippen LogP contribution >= 0.6 is 0 Å². The summed E-state index contributed by atoms with van der Waals surface area (Å²) in [6.45, 7) is 2.47. The van der Waals surface area contributed by atoms with Crippen LogP contribution in [-0.4, -0.2) is 33.2 Å². The molecule has 0 saturated heterocycles. The van der Waals surface area contributed by atoms with Gasteiger partial charge in [0.15, 0.2) is 5.79 Å². The highest BCUT2D eigenvalue weighted by atomic mass is 16.7. The number of benzene rings is 2. The van der Waals surface area contributed by atoms with Gasteiger partial charge in [-0.25, -0.2) is 0 Å². The minimum Gasteiger partial charge on any atom is -0.376 e. The third kappa shape index (κ3) is 4.71. The van der Waals surface area contributed by atoms with Gasteiger partial charge in [-0.15, -0.1) is 0 Å². The van der Waals surface area contributed by atoms with E-state index < -0.39 is 5.79 Å². The maximum Gasteiger partial charge on any atom is 0.168 e. The molecule has 1 aliphatic rings. The summed E-state index contributed by atoms with van der Waals surface area (Å²) in [5.74, 6) is -0.508. The minimum atomic E-state index is -0.508. The van der Waals surface area contributed by atoms with Crippen LogP contribution in [0.15, 0.2) is 60.7 Å². The van der Waals surface area contributed by atoms with Crippen LogP contribution in [-0.2, 0) is 32.2 Å². The van der Waals surface area contributed by atoms with Gasteiger partial charge in [-0.05, 0) is 11.1 Å². The zero-order chi connectivity index (χ0) is 18.3. The zero-order valence-electron chi connectivity index (χ0n) is 15.6. The maximum atomic E-state index is 6.02. The van der Waals surface area contributed by atoms with Crippen molar-refractivity contribution in [2.24, 2.45) is 5.41 Å². The molecule has 2 aromatic carbocycles. The van der Waals surface area contributed by atoms with Gasteiger partial charge in [-0.2, -0.15) is 0 Å². The van der Waals surface area contributed by atoms with Gasteiger partial charge in [-0.1, -0.05) is 60.7 Å². The Balaban J connectivity index is 1.54. The van der Waals surface area contributed by atoms with Crippen LogP contribution < -0.4 is 0 Å². The van der Waals surface area contributed by atoms with Crippen LogP contribution in [0.3, 0.4) is 0 Å². The van der Waals surface area contributed by atoms with Gasteiger partial charge in [0.25, 0.3) is 0 Å². The van der Waals surface area contributed by atoms with E-state index >= 15 is 0 Å². The average molecular weight is 356 g/mol. The topological polar surface area (TPSA) is 36.9 Å². The van der Waals surface area contributed by atoms with E-state index in [-0.39, 0.29) is 5.41 Å². The Morgan fingerprint density at radius 1 is 0.692 bits per heavy atom. The van der Waals surface area contributed by atoms with Gasteiger partial charge in [0.1, 0.15) is 0 Å². The molecule has 0 bridgehead atoms. The molecule has 4 heteroatoms. The second-order valence-electron chi connectivity index (χ2n) is 7.13. The summed E-state index contributed by atoms with van der Waals surface area (Å²) in [4.78, 5) is 0. The fourth-order valence-electron chi connectivity index (χ4n) is 3.63.